The van der Waals surface area contributed by atoms with E-state index in [2.05, 4.69) is 26.3 Å². The summed E-state index contributed by atoms with van der Waals surface area (Å²) in [7, 11) is 1.53. The average Bonchev–Trinajstić information content (AvgIpc) is 3.20. The molecular formula is C23H22ClN7O3. The van der Waals surface area contributed by atoms with Crippen LogP contribution in [0.3, 0.4) is 0 Å². The topological polar surface area (TPSA) is 122 Å². The molecule has 2 aromatic heterocycles. The molecule has 0 spiro atoms. The minimum atomic E-state index is -0.370. The van der Waals surface area contributed by atoms with Crippen molar-refractivity contribution in [3.8, 4) is 17.0 Å². The second kappa shape index (κ2) is 9.06. The zero-order valence-corrected chi connectivity index (χ0v) is 19.0. The van der Waals surface area contributed by atoms with Gasteiger partial charge in [0.15, 0.2) is 11.4 Å². The third kappa shape index (κ3) is 3.92. The minimum absolute atomic E-state index is 0.103. The van der Waals surface area contributed by atoms with Gasteiger partial charge in [-0.05, 0) is 24.6 Å². The third-order valence-electron chi connectivity index (χ3n) is 5.68. The summed E-state index contributed by atoms with van der Waals surface area (Å²) in [5.41, 5.74) is 2.97. The van der Waals surface area contributed by atoms with Gasteiger partial charge in [0.05, 0.1) is 41.4 Å². The molecule has 3 aromatic rings. The van der Waals surface area contributed by atoms with Gasteiger partial charge in [0.2, 0.25) is 0 Å². The highest BCUT2D eigenvalue weighted by molar-refractivity contribution is 6.32. The van der Waals surface area contributed by atoms with Crippen LogP contribution < -0.4 is 26.0 Å². The monoisotopic (exact) mass is 479 g/mol. The second-order valence-corrected chi connectivity index (χ2v) is 8.20. The molecule has 0 saturated heterocycles. The summed E-state index contributed by atoms with van der Waals surface area (Å²) in [5.74, 6) is 0.184. The molecule has 0 radical (unpaired) electrons. The molecule has 34 heavy (non-hydrogen) atoms. The summed E-state index contributed by atoms with van der Waals surface area (Å²) in [6.45, 7) is 0.809. The number of methoxy groups -OCH3 is 1. The highest BCUT2D eigenvalue weighted by Crippen LogP contribution is 2.42. The maximum atomic E-state index is 13.1. The number of para-hydroxylation sites is 1. The van der Waals surface area contributed by atoms with Crippen LogP contribution >= 0.6 is 11.6 Å². The van der Waals surface area contributed by atoms with Gasteiger partial charge in [-0.3, -0.25) is 14.5 Å². The number of amides is 3. The molecule has 4 N–H and O–H groups in total. The average molecular weight is 480 g/mol. The number of nitrogens with one attached hydrogen (secondary N) is 4. The summed E-state index contributed by atoms with van der Waals surface area (Å²) in [5, 5.41) is 17.2. The zero-order chi connectivity index (χ0) is 23.7. The number of urea groups is 1. The number of ether oxygens (including phenoxy) is 1. The number of carbonyl (C=O) groups is 2. The fourth-order valence-electron chi connectivity index (χ4n) is 4.09. The van der Waals surface area contributed by atoms with Crippen molar-refractivity contribution in [2.24, 2.45) is 0 Å². The Morgan fingerprint density at radius 3 is 2.94 bits per heavy atom. The van der Waals surface area contributed by atoms with E-state index in [9.17, 15) is 9.59 Å². The van der Waals surface area contributed by atoms with Crippen LogP contribution in [0.5, 0.6) is 5.75 Å². The van der Waals surface area contributed by atoms with Crippen LogP contribution in [-0.2, 0) is 0 Å². The molecule has 174 valence electrons. The van der Waals surface area contributed by atoms with Crippen LogP contribution in [0.1, 0.15) is 23.0 Å². The van der Waals surface area contributed by atoms with Crippen molar-refractivity contribution < 1.29 is 14.3 Å². The number of rotatable bonds is 3. The number of halogens is 1. The van der Waals surface area contributed by atoms with Gasteiger partial charge in [0.1, 0.15) is 5.69 Å². The minimum Gasteiger partial charge on any atom is -0.493 e. The van der Waals surface area contributed by atoms with E-state index in [4.69, 9.17) is 21.4 Å². The molecule has 0 fully saturated rings. The fraction of sp³-hybridized carbons (Fsp3) is 0.217. The number of carbonyl (C=O) groups excluding carboxylic acids is 2. The molecule has 0 aliphatic carbocycles. The summed E-state index contributed by atoms with van der Waals surface area (Å²) in [6, 6.07) is 6.58. The summed E-state index contributed by atoms with van der Waals surface area (Å²) < 4.78 is 7.24. The predicted molar refractivity (Wildman–Crippen MR) is 129 cm³/mol. The molecule has 1 aromatic carbocycles. The van der Waals surface area contributed by atoms with E-state index < -0.39 is 0 Å². The van der Waals surface area contributed by atoms with Gasteiger partial charge in [0, 0.05) is 24.8 Å². The fourth-order valence-corrected chi connectivity index (χ4v) is 4.34. The number of aromatic nitrogens is 3. The van der Waals surface area contributed by atoms with Crippen LogP contribution in [0.4, 0.5) is 21.9 Å². The quantitative estimate of drug-likeness (QED) is 0.425. The van der Waals surface area contributed by atoms with E-state index >= 15 is 0 Å². The van der Waals surface area contributed by atoms with Crippen LogP contribution in [0.2, 0.25) is 5.02 Å². The Bertz CT molecular complexity index is 1300. The molecule has 2 aliphatic rings. The Balaban J connectivity index is 1.74. The van der Waals surface area contributed by atoms with Crippen LogP contribution in [-0.4, -0.2) is 46.9 Å². The number of anilines is 3. The Labute approximate surface area is 200 Å². The highest BCUT2D eigenvalue weighted by Gasteiger charge is 2.33. The van der Waals surface area contributed by atoms with E-state index in [1.807, 2.05) is 12.2 Å². The molecule has 4 heterocycles. The van der Waals surface area contributed by atoms with Crippen molar-refractivity contribution in [2.75, 3.05) is 30.8 Å². The highest BCUT2D eigenvalue weighted by atomic mass is 35.5. The van der Waals surface area contributed by atoms with E-state index in [-0.39, 0.29) is 18.0 Å². The lowest BCUT2D eigenvalue weighted by Gasteiger charge is -2.24. The zero-order valence-electron chi connectivity index (χ0n) is 18.3. The smallest absolute Gasteiger partial charge is 0.319 e. The van der Waals surface area contributed by atoms with Crippen molar-refractivity contribution in [3.05, 3.63) is 59.5 Å². The van der Waals surface area contributed by atoms with Crippen molar-refractivity contribution >= 4 is 40.6 Å². The number of fused-ring (bicyclic) bond motifs is 3. The maximum absolute atomic E-state index is 13.1. The number of hydrogen-bond donors (Lipinski definition) is 4. The van der Waals surface area contributed by atoms with Gasteiger partial charge < -0.3 is 26.0 Å². The molecule has 5 rings (SSSR count). The maximum Gasteiger partial charge on any atom is 0.319 e. The van der Waals surface area contributed by atoms with Gasteiger partial charge in [-0.1, -0.05) is 29.8 Å². The van der Waals surface area contributed by atoms with Crippen molar-refractivity contribution in [1.29, 1.82) is 0 Å². The molecular weight excluding hydrogens is 458 g/mol. The normalized spacial score (nSPS) is 18.1. The lowest BCUT2D eigenvalue weighted by Crippen LogP contribution is -2.39. The Morgan fingerprint density at radius 2 is 2.09 bits per heavy atom. The Hall–Kier alpha value is -4.05. The molecule has 11 heteroatoms. The summed E-state index contributed by atoms with van der Waals surface area (Å²) in [4.78, 5) is 29.7. The van der Waals surface area contributed by atoms with Gasteiger partial charge in [-0.2, -0.15) is 5.10 Å². The van der Waals surface area contributed by atoms with Crippen LogP contribution in [0, 0.1) is 0 Å². The van der Waals surface area contributed by atoms with Crippen LogP contribution in [0.25, 0.3) is 11.3 Å². The first kappa shape index (κ1) is 21.8. The van der Waals surface area contributed by atoms with Crippen LogP contribution in [0.15, 0.2) is 48.8 Å². The van der Waals surface area contributed by atoms with Crippen molar-refractivity contribution in [3.63, 3.8) is 0 Å². The standard InChI is InChI=1S/C23H22ClN7O3/c1-34-21-15(24)6-4-7-16(21)28-19-18-14-8-10-25-12-17(14)29-23(33)26-9-3-2-5-13-11-27-22(32)20(19)31(13)30-18/h2-4,6-8,10,12-13,28H,5,9,11H2,1H3,(H,27,32)(H2,26,29,33)/b3-2-. The molecule has 0 saturated carbocycles. The summed E-state index contributed by atoms with van der Waals surface area (Å²) >= 11 is 6.33. The Kier molecular flexibility index (Phi) is 5.81. The Morgan fingerprint density at radius 1 is 1.21 bits per heavy atom. The van der Waals surface area contributed by atoms with Gasteiger partial charge in [0.25, 0.3) is 5.91 Å². The molecule has 2 bridgehead atoms. The lowest BCUT2D eigenvalue weighted by atomic mass is 10.1. The number of hydrogen-bond acceptors (Lipinski definition) is 6. The first-order valence-corrected chi connectivity index (χ1v) is 11.1. The molecule has 1 unspecified atom stereocenters. The third-order valence-corrected chi connectivity index (χ3v) is 5.98. The SMILES string of the molecule is COc1c(Cl)cccc1Nc1c2nn3c1C(=O)NCC3C/C=C\CNC(=O)Nc1cnccc1-2. The van der Waals surface area contributed by atoms with E-state index in [0.29, 0.717) is 64.3 Å². The van der Waals surface area contributed by atoms with E-state index in [0.717, 1.165) is 0 Å². The number of allylic oxidation sites excluding steroid dienone is 1. The lowest BCUT2D eigenvalue weighted by molar-refractivity contribution is 0.0911. The number of pyridine rings is 1. The largest absolute Gasteiger partial charge is 0.493 e. The second-order valence-electron chi connectivity index (χ2n) is 7.79. The first-order chi connectivity index (χ1) is 16.6. The molecule has 10 nitrogen and oxygen atoms in total. The molecule has 3 amide bonds. The number of benzene rings is 1. The van der Waals surface area contributed by atoms with Crippen molar-refractivity contribution in [2.45, 2.75) is 12.5 Å². The van der Waals surface area contributed by atoms with E-state index in [1.165, 1.54) is 7.11 Å². The predicted octanol–water partition coefficient (Wildman–Crippen LogP) is 3.72. The summed E-state index contributed by atoms with van der Waals surface area (Å²) in [6.07, 6.45) is 7.62. The van der Waals surface area contributed by atoms with Gasteiger partial charge >= 0.3 is 6.03 Å². The van der Waals surface area contributed by atoms with Gasteiger partial charge in [-0.15, -0.1) is 0 Å². The number of nitrogens with zero attached hydrogens (tertiary/aromatic N) is 3. The van der Waals surface area contributed by atoms with Gasteiger partial charge in [-0.25, -0.2) is 4.79 Å². The van der Waals surface area contributed by atoms with Crippen molar-refractivity contribution in [1.82, 2.24) is 25.4 Å². The molecule has 1 atom stereocenters. The first-order valence-electron chi connectivity index (χ1n) is 10.7. The van der Waals surface area contributed by atoms with E-state index in [1.54, 1.807) is 41.3 Å². The molecule has 2 aliphatic heterocycles.